The average Bonchev–Trinajstić information content (AvgIpc) is 2.43. The molecule has 1 fully saturated rings. The Kier molecular flexibility index (Phi) is 6.03. The van der Waals surface area contributed by atoms with E-state index < -0.39 is 0 Å². The van der Waals surface area contributed by atoms with E-state index in [1.54, 1.807) is 12.1 Å². The minimum absolute atomic E-state index is 0.198. The van der Waals surface area contributed by atoms with E-state index in [9.17, 15) is 4.39 Å². The number of hydrogen-bond acceptors (Lipinski definition) is 2. The number of nitrogens with one attached hydrogen (secondary N) is 1. The molecule has 1 aromatic carbocycles. The Balaban J connectivity index is 2.09. The largest absolute Gasteiger partial charge is 0.311 e. The van der Waals surface area contributed by atoms with E-state index in [2.05, 4.69) is 31.0 Å². The molecule has 2 unspecified atom stereocenters. The molecule has 0 radical (unpaired) electrons. The van der Waals surface area contributed by atoms with Crippen molar-refractivity contribution in [3.8, 4) is 0 Å². The van der Waals surface area contributed by atoms with E-state index in [-0.39, 0.29) is 10.8 Å². The Labute approximate surface area is 132 Å². The molecule has 0 spiro atoms. The molecule has 1 N–H and O–H groups in total. The van der Waals surface area contributed by atoms with Gasteiger partial charge in [-0.3, -0.25) is 4.90 Å². The van der Waals surface area contributed by atoms with Gasteiger partial charge in [-0.25, -0.2) is 4.39 Å². The van der Waals surface area contributed by atoms with Crippen LogP contribution < -0.4 is 5.32 Å². The monoisotopic (exact) mass is 312 g/mol. The third-order valence-electron chi connectivity index (χ3n) is 4.32. The minimum Gasteiger partial charge on any atom is -0.311 e. The van der Waals surface area contributed by atoms with Crippen molar-refractivity contribution in [2.24, 2.45) is 5.92 Å². The molecule has 1 aromatic rings. The SMILES string of the molecule is CCCC1CN(Cc2ccc(Cl)c(F)c2)C(C(C)C)CN1. The van der Waals surface area contributed by atoms with Crippen LogP contribution in [0, 0.1) is 11.7 Å². The highest BCUT2D eigenvalue weighted by molar-refractivity contribution is 6.30. The number of piperazine rings is 1. The standard InChI is InChI=1S/C17H26ClFN2/c1-4-5-14-11-21(17(9-20-14)12(2)3)10-13-6-7-15(18)16(19)8-13/h6-8,12,14,17,20H,4-5,9-11H2,1-3H3. The van der Waals surface area contributed by atoms with Gasteiger partial charge in [0.1, 0.15) is 5.82 Å². The molecule has 2 nitrogen and oxygen atoms in total. The van der Waals surface area contributed by atoms with Gasteiger partial charge < -0.3 is 5.32 Å². The summed E-state index contributed by atoms with van der Waals surface area (Å²) in [5, 5.41) is 3.85. The van der Waals surface area contributed by atoms with Gasteiger partial charge >= 0.3 is 0 Å². The van der Waals surface area contributed by atoms with Gasteiger partial charge in [0.25, 0.3) is 0 Å². The van der Waals surface area contributed by atoms with Gasteiger partial charge in [-0.15, -0.1) is 0 Å². The topological polar surface area (TPSA) is 15.3 Å². The predicted octanol–water partition coefficient (Wildman–Crippen LogP) is 4.08. The molecule has 1 heterocycles. The smallest absolute Gasteiger partial charge is 0.142 e. The van der Waals surface area contributed by atoms with Crippen LogP contribution in [0.5, 0.6) is 0 Å². The lowest BCUT2D eigenvalue weighted by atomic mass is 9.96. The zero-order valence-corrected chi connectivity index (χ0v) is 14.0. The number of nitrogens with zero attached hydrogens (tertiary/aromatic N) is 1. The second kappa shape index (κ2) is 7.57. The van der Waals surface area contributed by atoms with Crippen molar-refractivity contribution in [2.45, 2.75) is 52.2 Å². The number of hydrogen-bond donors (Lipinski definition) is 1. The van der Waals surface area contributed by atoms with Crippen LogP contribution in [0.25, 0.3) is 0 Å². The van der Waals surface area contributed by atoms with Crippen molar-refractivity contribution in [1.82, 2.24) is 10.2 Å². The van der Waals surface area contributed by atoms with Crippen molar-refractivity contribution in [3.63, 3.8) is 0 Å². The molecule has 2 rings (SSSR count). The van der Waals surface area contributed by atoms with Crippen LogP contribution in [0.1, 0.15) is 39.2 Å². The molecule has 1 aliphatic rings. The summed E-state index contributed by atoms with van der Waals surface area (Å²) in [5.41, 5.74) is 1.000. The molecule has 0 bridgehead atoms. The molecule has 21 heavy (non-hydrogen) atoms. The maximum atomic E-state index is 13.6. The van der Waals surface area contributed by atoms with Gasteiger partial charge in [-0.2, -0.15) is 0 Å². The zero-order valence-electron chi connectivity index (χ0n) is 13.2. The van der Waals surface area contributed by atoms with Crippen molar-refractivity contribution >= 4 is 11.6 Å². The van der Waals surface area contributed by atoms with E-state index in [1.807, 2.05) is 6.07 Å². The predicted molar refractivity (Wildman–Crippen MR) is 87.1 cm³/mol. The average molecular weight is 313 g/mol. The minimum atomic E-state index is -0.324. The Morgan fingerprint density at radius 1 is 1.43 bits per heavy atom. The Bertz CT molecular complexity index is 464. The third kappa shape index (κ3) is 4.41. The van der Waals surface area contributed by atoms with E-state index in [1.165, 1.54) is 12.8 Å². The molecular weight excluding hydrogens is 287 g/mol. The number of halogens is 2. The van der Waals surface area contributed by atoms with Crippen LogP contribution in [-0.2, 0) is 6.54 Å². The van der Waals surface area contributed by atoms with E-state index >= 15 is 0 Å². The summed E-state index contributed by atoms with van der Waals surface area (Å²) in [7, 11) is 0. The van der Waals surface area contributed by atoms with Crippen molar-refractivity contribution < 1.29 is 4.39 Å². The van der Waals surface area contributed by atoms with Crippen LogP contribution in [0.15, 0.2) is 18.2 Å². The van der Waals surface area contributed by atoms with Gasteiger partial charge in [-0.1, -0.05) is 44.9 Å². The molecule has 0 amide bonds. The molecule has 4 heteroatoms. The quantitative estimate of drug-likeness (QED) is 0.881. The fourth-order valence-electron chi connectivity index (χ4n) is 3.15. The van der Waals surface area contributed by atoms with Crippen LogP contribution in [0.2, 0.25) is 5.02 Å². The first-order valence-corrected chi connectivity index (χ1v) is 8.30. The van der Waals surface area contributed by atoms with Crippen LogP contribution in [-0.4, -0.2) is 30.1 Å². The Hall–Kier alpha value is -0.640. The lowest BCUT2D eigenvalue weighted by Gasteiger charge is -2.42. The van der Waals surface area contributed by atoms with Crippen molar-refractivity contribution in [2.75, 3.05) is 13.1 Å². The molecule has 0 aromatic heterocycles. The first-order valence-electron chi connectivity index (χ1n) is 7.92. The lowest BCUT2D eigenvalue weighted by Crippen LogP contribution is -2.57. The van der Waals surface area contributed by atoms with Gasteiger partial charge in [0, 0.05) is 31.7 Å². The first-order chi connectivity index (χ1) is 10.0. The second-order valence-electron chi connectivity index (χ2n) is 6.38. The summed E-state index contributed by atoms with van der Waals surface area (Å²) in [6.07, 6.45) is 2.38. The maximum absolute atomic E-state index is 13.6. The summed E-state index contributed by atoms with van der Waals surface area (Å²) in [5.74, 6) is 0.257. The molecule has 0 aliphatic carbocycles. The van der Waals surface area contributed by atoms with E-state index in [0.717, 1.165) is 25.2 Å². The highest BCUT2D eigenvalue weighted by Crippen LogP contribution is 2.22. The summed E-state index contributed by atoms with van der Waals surface area (Å²) in [6, 6.07) is 6.19. The second-order valence-corrected chi connectivity index (χ2v) is 6.79. The maximum Gasteiger partial charge on any atom is 0.142 e. The summed E-state index contributed by atoms with van der Waals surface area (Å²) < 4.78 is 13.6. The normalized spacial score (nSPS) is 23.7. The number of benzene rings is 1. The van der Waals surface area contributed by atoms with E-state index in [4.69, 9.17) is 11.6 Å². The summed E-state index contributed by atoms with van der Waals surface area (Å²) in [6.45, 7) is 9.55. The molecule has 2 atom stereocenters. The Morgan fingerprint density at radius 3 is 2.81 bits per heavy atom. The fraction of sp³-hybridized carbons (Fsp3) is 0.647. The van der Waals surface area contributed by atoms with Gasteiger partial charge in [-0.05, 0) is 30.0 Å². The number of rotatable bonds is 5. The highest BCUT2D eigenvalue weighted by Gasteiger charge is 2.29. The van der Waals surface area contributed by atoms with E-state index in [0.29, 0.717) is 18.0 Å². The highest BCUT2D eigenvalue weighted by atomic mass is 35.5. The molecule has 1 aliphatic heterocycles. The summed E-state index contributed by atoms with van der Waals surface area (Å²) >= 11 is 5.77. The van der Waals surface area contributed by atoms with Gasteiger partial charge in [0.05, 0.1) is 5.02 Å². The molecule has 1 saturated heterocycles. The molecule has 118 valence electrons. The van der Waals surface area contributed by atoms with Crippen LogP contribution in [0.4, 0.5) is 4.39 Å². The Morgan fingerprint density at radius 2 is 2.19 bits per heavy atom. The van der Waals surface area contributed by atoms with Crippen LogP contribution in [0.3, 0.4) is 0 Å². The summed E-state index contributed by atoms with van der Waals surface area (Å²) in [4.78, 5) is 2.49. The third-order valence-corrected chi connectivity index (χ3v) is 4.62. The van der Waals surface area contributed by atoms with Crippen LogP contribution >= 0.6 is 11.6 Å². The fourth-order valence-corrected chi connectivity index (χ4v) is 3.27. The van der Waals surface area contributed by atoms with Gasteiger partial charge in [0.2, 0.25) is 0 Å². The van der Waals surface area contributed by atoms with Crippen molar-refractivity contribution in [3.05, 3.63) is 34.6 Å². The lowest BCUT2D eigenvalue weighted by molar-refractivity contribution is 0.0884. The zero-order chi connectivity index (χ0) is 15.4. The van der Waals surface area contributed by atoms with Gasteiger partial charge in [0.15, 0.2) is 0 Å². The first kappa shape index (κ1) is 16.7. The molecular formula is C17H26ClFN2. The molecule has 0 saturated carbocycles. The van der Waals surface area contributed by atoms with Crippen molar-refractivity contribution in [1.29, 1.82) is 0 Å².